The lowest BCUT2D eigenvalue weighted by molar-refractivity contribution is -0.165. The third-order valence-corrected chi connectivity index (χ3v) is 4.01. The van der Waals surface area contributed by atoms with Crippen molar-refractivity contribution in [2.45, 2.75) is 25.6 Å². The molecular formula is C17H25NO4. The molecule has 122 valence electrons. The molecule has 2 aliphatic heterocycles. The van der Waals surface area contributed by atoms with Gasteiger partial charge in [-0.15, -0.1) is 0 Å². The number of anilines is 1. The van der Waals surface area contributed by atoms with E-state index in [0.29, 0.717) is 13.2 Å². The molecule has 0 N–H and O–H groups in total. The normalized spacial score (nSPS) is 22.5. The first kappa shape index (κ1) is 15.6. The zero-order chi connectivity index (χ0) is 15.0. The van der Waals surface area contributed by atoms with Gasteiger partial charge in [-0.1, -0.05) is 0 Å². The van der Waals surface area contributed by atoms with Gasteiger partial charge >= 0.3 is 0 Å². The Morgan fingerprint density at radius 1 is 1.00 bits per heavy atom. The molecule has 0 amide bonds. The predicted octanol–water partition coefficient (Wildman–Crippen LogP) is 2.45. The van der Waals surface area contributed by atoms with Crippen LogP contribution in [0.2, 0.25) is 0 Å². The van der Waals surface area contributed by atoms with Crippen LogP contribution in [0.25, 0.3) is 0 Å². The molecule has 2 fully saturated rings. The first-order valence-corrected chi connectivity index (χ1v) is 8.20. The van der Waals surface area contributed by atoms with Crippen molar-refractivity contribution >= 4 is 5.69 Å². The molecule has 0 saturated carbocycles. The maximum absolute atomic E-state index is 5.72. The Labute approximate surface area is 132 Å². The maximum Gasteiger partial charge on any atom is 0.157 e. The molecule has 5 nitrogen and oxygen atoms in total. The number of ether oxygens (including phenoxy) is 4. The highest BCUT2D eigenvalue weighted by atomic mass is 16.7. The molecule has 2 aliphatic rings. The summed E-state index contributed by atoms with van der Waals surface area (Å²) in [6.45, 7) is 5.45. The number of rotatable bonds is 6. The molecule has 0 spiro atoms. The lowest BCUT2D eigenvalue weighted by atomic mass is 10.2. The minimum atomic E-state index is -0.0407. The molecule has 0 bridgehead atoms. The van der Waals surface area contributed by atoms with E-state index in [9.17, 15) is 0 Å². The SMILES string of the molecule is c1cc(N2CCOCC2)ccc1OCCOC1CCCCO1. The van der Waals surface area contributed by atoms with Crippen molar-refractivity contribution in [1.82, 2.24) is 0 Å². The van der Waals surface area contributed by atoms with Crippen molar-refractivity contribution in [2.24, 2.45) is 0 Å². The molecule has 0 aliphatic carbocycles. The van der Waals surface area contributed by atoms with E-state index in [4.69, 9.17) is 18.9 Å². The second kappa shape index (κ2) is 8.36. The average Bonchev–Trinajstić information content (AvgIpc) is 2.61. The zero-order valence-electron chi connectivity index (χ0n) is 13.0. The molecule has 1 aromatic carbocycles. The van der Waals surface area contributed by atoms with Crippen LogP contribution in [-0.2, 0) is 14.2 Å². The fourth-order valence-corrected chi connectivity index (χ4v) is 2.76. The Morgan fingerprint density at radius 3 is 2.55 bits per heavy atom. The minimum Gasteiger partial charge on any atom is -0.491 e. The van der Waals surface area contributed by atoms with Crippen molar-refractivity contribution in [3.05, 3.63) is 24.3 Å². The van der Waals surface area contributed by atoms with Crippen LogP contribution in [0, 0.1) is 0 Å². The molecule has 0 aromatic heterocycles. The van der Waals surface area contributed by atoms with E-state index in [1.165, 1.54) is 12.1 Å². The molecule has 1 aromatic rings. The predicted molar refractivity (Wildman–Crippen MR) is 84.5 cm³/mol. The number of morpholine rings is 1. The summed E-state index contributed by atoms with van der Waals surface area (Å²) in [5.74, 6) is 0.880. The molecule has 0 radical (unpaired) electrons. The molecular weight excluding hydrogens is 282 g/mol. The van der Waals surface area contributed by atoms with E-state index in [-0.39, 0.29) is 6.29 Å². The number of hydrogen-bond donors (Lipinski definition) is 0. The van der Waals surface area contributed by atoms with E-state index < -0.39 is 0 Å². The largest absolute Gasteiger partial charge is 0.491 e. The van der Waals surface area contributed by atoms with E-state index in [1.807, 2.05) is 12.1 Å². The van der Waals surface area contributed by atoms with Gasteiger partial charge < -0.3 is 23.8 Å². The molecule has 22 heavy (non-hydrogen) atoms. The van der Waals surface area contributed by atoms with Gasteiger partial charge in [-0.25, -0.2) is 0 Å². The smallest absolute Gasteiger partial charge is 0.157 e. The number of nitrogens with zero attached hydrogens (tertiary/aromatic N) is 1. The van der Waals surface area contributed by atoms with Crippen molar-refractivity contribution in [2.75, 3.05) is 51.0 Å². The van der Waals surface area contributed by atoms with Crippen molar-refractivity contribution in [1.29, 1.82) is 0 Å². The van der Waals surface area contributed by atoms with Crippen molar-refractivity contribution in [3.63, 3.8) is 0 Å². The van der Waals surface area contributed by atoms with E-state index in [0.717, 1.165) is 51.5 Å². The Hall–Kier alpha value is -1.30. The summed E-state index contributed by atoms with van der Waals surface area (Å²) in [5, 5.41) is 0. The quantitative estimate of drug-likeness (QED) is 0.755. The van der Waals surface area contributed by atoms with E-state index in [2.05, 4.69) is 17.0 Å². The molecule has 3 rings (SSSR count). The fourth-order valence-electron chi connectivity index (χ4n) is 2.76. The summed E-state index contributed by atoms with van der Waals surface area (Å²) in [6.07, 6.45) is 3.29. The van der Waals surface area contributed by atoms with Crippen LogP contribution in [0.15, 0.2) is 24.3 Å². The van der Waals surface area contributed by atoms with Gasteiger partial charge in [-0.05, 0) is 43.5 Å². The van der Waals surface area contributed by atoms with Crippen LogP contribution in [0.3, 0.4) is 0 Å². The van der Waals surface area contributed by atoms with Crippen LogP contribution in [0.4, 0.5) is 5.69 Å². The van der Waals surface area contributed by atoms with Gasteiger partial charge in [0.25, 0.3) is 0 Å². The molecule has 2 heterocycles. The van der Waals surface area contributed by atoms with Crippen LogP contribution in [0.1, 0.15) is 19.3 Å². The number of hydrogen-bond acceptors (Lipinski definition) is 5. The standard InChI is InChI=1S/C17H25NO4/c1-2-10-21-17(3-1)22-14-13-20-16-6-4-15(5-7-16)18-8-11-19-12-9-18/h4-7,17H,1-3,8-14H2. The Kier molecular flexibility index (Phi) is 5.93. The maximum atomic E-state index is 5.72. The van der Waals surface area contributed by atoms with Crippen LogP contribution in [0.5, 0.6) is 5.75 Å². The summed E-state index contributed by atoms with van der Waals surface area (Å²) >= 11 is 0. The second-order valence-corrected chi connectivity index (χ2v) is 5.61. The Balaban J connectivity index is 1.37. The lowest BCUT2D eigenvalue weighted by Gasteiger charge is -2.28. The van der Waals surface area contributed by atoms with E-state index >= 15 is 0 Å². The third kappa shape index (κ3) is 4.60. The molecule has 1 unspecified atom stereocenters. The average molecular weight is 307 g/mol. The summed E-state index contributed by atoms with van der Waals surface area (Å²) in [4.78, 5) is 2.33. The summed E-state index contributed by atoms with van der Waals surface area (Å²) in [6, 6.07) is 8.24. The summed E-state index contributed by atoms with van der Waals surface area (Å²) in [7, 11) is 0. The lowest BCUT2D eigenvalue weighted by Crippen LogP contribution is -2.36. The highest BCUT2D eigenvalue weighted by molar-refractivity contribution is 5.49. The van der Waals surface area contributed by atoms with Gasteiger partial charge in [0, 0.05) is 25.4 Å². The first-order chi connectivity index (χ1) is 10.9. The fraction of sp³-hybridized carbons (Fsp3) is 0.647. The Morgan fingerprint density at radius 2 is 1.82 bits per heavy atom. The Bertz CT molecular complexity index is 425. The molecule has 1 atom stereocenters. The third-order valence-electron chi connectivity index (χ3n) is 4.01. The second-order valence-electron chi connectivity index (χ2n) is 5.61. The van der Waals surface area contributed by atoms with Gasteiger partial charge in [0.1, 0.15) is 12.4 Å². The first-order valence-electron chi connectivity index (χ1n) is 8.20. The highest BCUT2D eigenvalue weighted by Crippen LogP contribution is 2.20. The van der Waals surface area contributed by atoms with Gasteiger partial charge in [0.2, 0.25) is 0 Å². The molecule has 2 saturated heterocycles. The molecule has 5 heteroatoms. The number of benzene rings is 1. The van der Waals surface area contributed by atoms with Gasteiger partial charge in [-0.3, -0.25) is 0 Å². The minimum absolute atomic E-state index is 0.0407. The highest BCUT2D eigenvalue weighted by Gasteiger charge is 2.14. The topological polar surface area (TPSA) is 40.2 Å². The van der Waals surface area contributed by atoms with Gasteiger partial charge in [0.15, 0.2) is 6.29 Å². The van der Waals surface area contributed by atoms with Gasteiger partial charge in [0.05, 0.1) is 19.8 Å². The van der Waals surface area contributed by atoms with Crippen LogP contribution in [-0.4, -0.2) is 52.4 Å². The summed E-state index contributed by atoms with van der Waals surface area (Å²) in [5.41, 5.74) is 1.22. The monoisotopic (exact) mass is 307 g/mol. The summed E-state index contributed by atoms with van der Waals surface area (Å²) < 4.78 is 22.3. The zero-order valence-corrected chi connectivity index (χ0v) is 13.0. The van der Waals surface area contributed by atoms with Gasteiger partial charge in [-0.2, -0.15) is 0 Å². The van der Waals surface area contributed by atoms with Crippen molar-refractivity contribution in [3.8, 4) is 5.75 Å². The van der Waals surface area contributed by atoms with Crippen molar-refractivity contribution < 1.29 is 18.9 Å². The van der Waals surface area contributed by atoms with Crippen LogP contribution >= 0.6 is 0 Å². The van der Waals surface area contributed by atoms with E-state index in [1.54, 1.807) is 0 Å². The van der Waals surface area contributed by atoms with Crippen LogP contribution < -0.4 is 9.64 Å².